The smallest absolute Gasteiger partial charge is 0.524 e. The molecule has 0 bridgehead atoms. The highest BCUT2D eigenvalue weighted by Gasteiger charge is 2.03. The summed E-state index contributed by atoms with van der Waals surface area (Å²) in [5.41, 5.74) is 0. The summed E-state index contributed by atoms with van der Waals surface area (Å²) < 4.78 is 12.7. The molecule has 0 saturated carbocycles. The van der Waals surface area contributed by atoms with Gasteiger partial charge in [0.1, 0.15) is 0 Å². The predicted molar refractivity (Wildman–Crippen MR) is 16.7 cm³/mol. The maximum Gasteiger partial charge on any atom is 0.524 e. The van der Waals surface area contributed by atoms with E-state index in [9.17, 15) is 9.46 Å². The summed E-state index contributed by atoms with van der Waals surface area (Å²) in [6.45, 7) is 0. The van der Waals surface area contributed by atoms with Gasteiger partial charge in [0.2, 0.25) is 0 Å². The monoisotopic (exact) mass is 176 g/mol. The summed E-state index contributed by atoms with van der Waals surface area (Å²) in [4.78, 5) is 9.46. The molecule has 0 aliphatic heterocycles. The topological polar surface area (TPSA) is 116 Å². The van der Waals surface area contributed by atoms with Gasteiger partial charge in [-0.1, -0.05) is 0 Å². The Morgan fingerprint density at radius 1 is 1.20 bits per heavy atom. The minimum atomic E-state index is -3.21. The van der Waals surface area contributed by atoms with Crippen molar-refractivity contribution in [3.8, 4) is 0 Å². The molecule has 1 N–H and O–H groups in total. The molecule has 0 aliphatic carbocycles. The SMILES string of the molecule is O=[P+]([O-])OOOOOOO. The molecular weight excluding hydrogens is 175 g/mol. The lowest BCUT2D eigenvalue weighted by Crippen LogP contribution is -1.98. The van der Waals surface area contributed by atoms with E-state index in [2.05, 4.69) is 29.9 Å². The lowest BCUT2D eigenvalue weighted by Gasteiger charge is -1.90. The van der Waals surface area contributed by atoms with Crippen LogP contribution in [0, 0.1) is 0 Å². The summed E-state index contributed by atoms with van der Waals surface area (Å²) in [6.07, 6.45) is 0. The molecule has 0 fully saturated rings. The summed E-state index contributed by atoms with van der Waals surface area (Å²) >= 11 is 0. The molecule has 0 rings (SSSR count). The Labute approximate surface area is 54.1 Å². The van der Waals surface area contributed by atoms with E-state index < -0.39 is 8.25 Å². The zero-order valence-electron chi connectivity index (χ0n) is 4.16. The molecule has 60 valence electrons. The largest absolute Gasteiger partial charge is 0.564 e. The van der Waals surface area contributed by atoms with Gasteiger partial charge < -0.3 is 4.89 Å². The predicted octanol–water partition coefficient (Wildman–Crippen LogP) is -0.848. The van der Waals surface area contributed by atoms with E-state index in [4.69, 9.17) is 5.26 Å². The normalized spacial score (nSPS) is 11.6. The van der Waals surface area contributed by atoms with Crippen LogP contribution in [0.1, 0.15) is 0 Å². The Hall–Kier alpha value is -0.220. The first-order chi connectivity index (χ1) is 4.77. The van der Waals surface area contributed by atoms with Crippen LogP contribution >= 0.6 is 8.25 Å². The number of hydrogen-bond donors (Lipinski definition) is 1. The van der Waals surface area contributed by atoms with Crippen LogP contribution in [0.4, 0.5) is 0 Å². The fourth-order valence-electron chi connectivity index (χ4n) is 0.0724. The molecule has 10 heteroatoms. The van der Waals surface area contributed by atoms with Gasteiger partial charge in [-0.05, 0) is 19.7 Å². The van der Waals surface area contributed by atoms with E-state index >= 15 is 0 Å². The van der Waals surface area contributed by atoms with Crippen molar-refractivity contribution in [2.45, 2.75) is 0 Å². The Balaban J connectivity index is 2.84. The first-order valence-corrected chi connectivity index (χ1v) is 2.66. The lowest BCUT2D eigenvalue weighted by atomic mass is 14.1. The van der Waals surface area contributed by atoms with Crippen molar-refractivity contribution in [2.75, 3.05) is 0 Å². The molecule has 0 radical (unpaired) electrons. The fourth-order valence-corrected chi connectivity index (χ4v) is 0.147. The second kappa shape index (κ2) is 6.89. The highest BCUT2D eigenvalue weighted by Crippen LogP contribution is 2.08. The Bertz CT molecular complexity index is 86.7. The molecule has 0 heterocycles. The van der Waals surface area contributed by atoms with Crippen LogP contribution in [0.25, 0.3) is 0 Å². The van der Waals surface area contributed by atoms with Gasteiger partial charge in [-0.25, -0.2) is 5.26 Å². The Morgan fingerprint density at radius 3 is 2.30 bits per heavy atom. The van der Waals surface area contributed by atoms with E-state index in [0.29, 0.717) is 0 Å². The summed E-state index contributed by atoms with van der Waals surface area (Å²) in [6, 6.07) is 0. The zero-order valence-corrected chi connectivity index (χ0v) is 5.05. The van der Waals surface area contributed by atoms with Crippen molar-refractivity contribution in [3.63, 3.8) is 0 Å². The maximum absolute atomic E-state index is 9.46. The second-order valence-corrected chi connectivity index (χ2v) is 1.24. The van der Waals surface area contributed by atoms with Crippen LogP contribution in [0.2, 0.25) is 0 Å². The van der Waals surface area contributed by atoms with Gasteiger partial charge in [-0.3, -0.25) is 0 Å². The molecule has 0 amide bonds. The highest BCUT2D eigenvalue weighted by molar-refractivity contribution is 7.30. The molecule has 1 atom stereocenters. The molecule has 0 aliphatic rings. The molecule has 0 aromatic rings. The molecular formula is HO9P. The quantitative estimate of drug-likeness (QED) is 0.239. The lowest BCUT2D eigenvalue weighted by molar-refractivity contribution is -0.780. The van der Waals surface area contributed by atoms with Crippen molar-refractivity contribution < 1.29 is 44.6 Å². The summed E-state index contributed by atoms with van der Waals surface area (Å²) in [5.74, 6) is 0. The van der Waals surface area contributed by atoms with E-state index in [1.807, 2.05) is 0 Å². The van der Waals surface area contributed by atoms with E-state index in [1.165, 1.54) is 0 Å². The average molecular weight is 176 g/mol. The van der Waals surface area contributed by atoms with Crippen LogP contribution in [0.15, 0.2) is 0 Å². The van der Waals surface area contributed by atoms with E-state index in [-0.39, 0.29) is 0 Å². The molecule has 0 aromatic carbocycles. The minimum Gasteiger partial charge on any atom is -0.564 e. The zero-order chi connectivity index (χ0) is 7.82. The molecule has 10 heavy (non-hydrogen) atoms. The van der Waals surface area contributed by atoms with Gasteiger partial charge >= 0.3 is 8.25 Å². The third kappa shape index (κ3) is 7.78. The maximum atomic E-state index is 9.46. The van der Waals surface area contributed by atoms with Crippen molar-refractivity contribution >= 4 is 8.25 Å². The van der Waals surface area contributed by atoms with Gasteiger partial charge in [0.15, 0.2) is 0 Å². The minimum absolute atomic E-state index is 2.82. The number of rotatable bonds is 6. The standard InChI is InChI=1S/HO9P/c1-4-5-6-7-8-9-10(2)3/h1H. The molecule has 0 aromatic heterocycles. The first-order valence-electron chi connectivity index (χ1n) is 1.56. The van der Waals surface area contributed by atoms with Crippen LogP contribution in [0.5, 0.6) is 0 Å². The molecule has 0 spiro atoms. The first kappa shape index (κ1) is 9.78. The number of hydrogen-bond acceptors (Lipinski definition) is 9. The average Bonchev–Trinajstić information content (AvgIpc) is 1.87. The van der Waals surface area contributed by atoms with E-state index in [1.54, 1.807) is 0 Å². The van der Waals surface area contributed by atoms with Gasteiger partial charge in [0.25, 0.3) is 0 Å². The van der Waals surface area contributed by atoms with E-state index in [0.717, 1.165) is 0 Å². The van der Waals surface area contributed by atoms with Crippen LogP contribution in [-0.4, -0.2) is 5.26 Å². The second-order valence-electron chi connectivity index (χ2n) is 0.645. The molecule has 1 unspecified atom stereocenters. The summed E-state index contributed by atoms with van der Waals surface area (Å²) in [5, 5.41) is 23.1. The van der Waals surface area contributed by atoms with Gasteiger partial charge in [-0.15, -0.1) is 0 Å². The van der Waals surface area contributed by atoms with Crippen molar-refractivity contribution in [1.29, 1.82) is 0 Å². The van der Waals surface area contributed by atoms with Crippen molar-refractivity contribution in [3.05, 3.63) is 0 Å². The van der Waals surface area contributed by atoms with Crippen molar-refractivity contribution in [2.24, 2.45) is 0 Å². The van der Waals surface area contributed by atoms with Crippen molar-refractivity contribution in [1.82, 2.24) is 0 Å². The molecule has 0 saturated heterocycles. The van der Waals surface area contributed by atoms with Crippen LogP contribution in [0.3, 0.4) is 0 Å². The third-order valence-corrected chi connectivity index (χ3v) is 0.388. The highest BCUT2D eigenvalue weighted by atomic mass is 31.1. The molecule has 9 nitrogen and oxygen atoms in total. The van der Waals surface area contributed by atoms with Crippen LogP contribution < -0.4 is 4.89 Å². The Morgan fingerprint density at radius 2 is 1.80 bits per heavy atom. The van der Waals surface area contributed by atoms with Gasteiger partial charge in [0, 0.05) is 10.1 Å². The van der Waals surface area contributed by atoms with Gasteiger partial charge in [-0.2, -0.15) is 0 Å². The third-order valence-electron chi connectivity index (χ3n) is 0.205. The Kier molecular flexibility index (Phi) is 6.74. The van der Waals surface area contributed by atoms with Crippen LogP contribution in [-0.2, 0) is 34.4 Å². The van der Waals surface area contributed by atoms with Gasteiger partial charge in [0.05, 0.1) is 4.67 Å². The summed E-state index contributed by atoms with van der Waals surface area (Å²) in [7, 11) is -3.21. The fraction of sp³-hybridized carbons (Fsp3) is 0.